The number of aromatic nitrogens is 4. The molecule has 2 aromatic carbocycles. The monoisotopic (exact) mass is 481 g/mol. The zero-order valence-corrected chi connectivity index (χ0v) is 19.3. The van der Waals surface area contributed by atoms with Gasteiger partial charge in [-0.2, -0.15) is 13.2 Å². The molecule has 0 bridgehead atoms. The highest BCUT2D eigenvalue weighted by Crippen LogP contribution is 2.29. The third-order valence-corrected chi connectivity index (χ3v) is 5.58. The maximum atomic E-state index is 12.7. The topological polar surface area (TPSA) is 60.0 Å². The maximum absolute atomic E-state index is 12.7. The largest absolute Gasteiger partial charge is 0.445 e. The molecule has 6 nitrogen and oxygen atoms in total. The van der Waals surface area contributed by atoms with Gasteiger partial charge in [-0.15, -0.1) is 5.10 Å². The Balaban J connectivity index is 1.25. The Labute approximate surface area is 201 Å². The van der Waals surface area contributed by atoms with Gasteiger partial charge in [-0.3, -0.25) is 4.68 Å². The molecular formula is C26H26F3N5O. The molecule has 2 aromatic heterocycles. The predicted molar refractivity (Wildman–Crippen MR) is 128 cm³/mol. The van der Waals surface area contributed by atoms with Crippen LogP contribution in [0.4, 0.5) is 18.9 Å². The first-order chi connectivity index (χ1) is 16.9. The number of rotatable bonds is 10. The fourth-order valence-corrected chi connectivity index (χ4v) is 3.63. The Hall–Kier alpha value is -3.88. The number of hydrogen-bond acceptors (Lipinski definition) is 5. The van der Waals surface area contributed by atoms with Crippen LogP contribution in [0, 0.1) is 0 Å². The molecule has 0 saturated carbocycles. The van der Waals surface area contributed by atoms with Gasteiger partial charge in [-0.05, 0) is 60.7 Å². The Bertz CT molecular complexity index is 1210. The van der Waals surface area contributed by atoms with E-state index in [1.54, 1.807) is 24.6 Å². The molecule has 0 aliphatic rings. The van der Waals surface area contributed by atoms with Gasteiger partial charge in [0.25, 0.3) is 0 Å². The van der Waals surface area contributed by atoms with E-state index < -0.39 is 11.7 Å². The van der Waals surface area contributed by atoms with E-state index in [4.69, 9.17) is 4.42 Å². The summed E-state index contributed by atoms with van der Waals surface area (Å²) in [4.78, 5) is 6.53. The number of halogens is 3. The smallest absolute Gasteiger partial charge is 0.416 e. The van der Waals surface area contributed by atoms with Crippen molar-refractivity contribution in [3.63, 3.8) is 0 Å². The first-order valence-corrected chi connectivity index (χ1v) is 11.3. The Morgan fingerprint density at radius 1 is 1.00 bits per heavy atom. The van der Waals surface area contributed by atoms with Crippen molar-refractivity contribution in [2.75, 3.05) is 11.9 Å². The average molecular weight is 482 g/mol. The van der Waals surface area contributed by atoms with E-state index >= 15 is 0 Å². The van der Waals surface area contributed by atoms with Crippen molar-refractivity contribution < 1.29 is 17.6 Å². The summed E-state index contributed by atoms with van der Waals surface area (Å²) in [6.45, 7) is 1.44. The van der Waals surface area contributed by atoms with Crippen molar-refractivity contribution in [3.8, 4) is 0 Å². The van der Waals surface area contributed by atoms with Gasteiger partial charge in [0.15, 0.2) is 0 Å². The van der Waals surface area contributed by atoms with E-state index in [0.29, 0.717) is 18.0 Å². The Morgan fingerprint density at radius 3 is 2.46 bits per heavy atom. The van der Waals surface area contributed by atoms with Crippen molar-refractivity contribution >= 4 is 17.8 Å². The van der Waals surface area contributed by atoms with Crippen LogP contribution >= 0.6 is 0 Å². The van der Waals surface area contributed by atoms with Crippen molar-refractivity contribution in [1.29, 1.82) is 0 Å². The van der Waals surface area contributed by atoms with Crippen LogP contribution < -0.4 is 4.90 Å². The number of alkyl halides is 3. The molecule has 0 radical (unpaired) electrons. The molecule has 0 aliphatic carbocycles. The number of nitrogens with zero attached hydrogens (tertiary/aromatic N) is 5. The summed E-state index contributed by atoms with van der Waals surface area (Å²) in [6, 6.07) is 13.4. The first-order valence-electron chi connectivity index (χ1n) is 11.3. The minimum Gasteiger partial charge on any atom is -0.445 e. The van der Waals surface area contributed by atoms with Gasteiger partial charge in [0.1, 0.15) is 6.26 Å². The fourth-order valence-electron chi connectivity index (χ4n) is 3.63. The van der Waals surface area contributed by atoms with Crippen LogP contribution in [0.3, 0.4) is 0 Å². The molecule has 0 aliphatic heterocycles. The summed E-state index contributed by atoms with van der Waals surface area (Å²) in [7, 11) is 1.99. The molecule has 0 N–H and O–H groups in total. The van der Waals surface area contributed by atoms with Crippen molar-refractivity contribution in [3.05, 3.63) is 95.5 Å². The second kappa shape index (κ2) is 11.0. The van der Waals surface area contributed by atoms with E-state index in [-0.39, 0.29) is 0 Å². The van der Waals surface area contributed by atoms with E-state index in [0.717, 1.165) is 49.3 Å². The number of benzene rings is 2. The third-order valence-electron chi connectivity index (χ3n) is 5.58. The summed E-state index contributed by atoms with van der Waals surface area (Å²) in [5.74, 6) is 0.398. The quantitative estimate of drug-likeness (QED) is 0.256. The second-order valence-electron chi connectivity index (χ2n) is 8.28. The number of unbranched alkanes of at least 4 members (excludes halogenated alkanes) is 1. The maximum Gasteiger partial charge on any atom is 0.416 e. The average Bonchev–Trinajstić information content (AvgIpc) is 3.53. The normalized spacial score (nSPS) is 11.9. The number of anilines is 1. The molecule has 0 amide bonds. The van der Waals surface area contributed by atoms with Gasteiger partial charge in [0, 0.05) is 31.6 Å². The molecule has 0 atom stereocenters. The lowest BCUT2D eigenvalue weighted by Gasteiger charge is -2.18. The summed E-state index contributed by atoms with van der Waals surface area (Å²) in [5, 5.41) is 7.78. The van der Waals surface area contributed by atoms with E-state index in [1.165, 1.54) is 17.7 Å². The highest BCUT2D eigenvalue weighted by molar-refractivity contribution is 5.66. The van der Waals surface area contributed by atoms with Crippen LogP contribution in [0.1, 0.15) is 41.1 Å². The highest BCUT2D eigenvalue weighted by atomic mass is 19.4. The standard InChI is InChI=1S/C26H26F3N5O/c1-33(24-12-7-20(8-13-24)4-2-3-16-34-17-15-30-32-34)18-23-19-35-25(31-23)14-9-21-5-10-22(11-6-21)26(27,28)29/h5-15,17,19H,2-4,16,18H2,1H3/b14-9+. The summed E-state index contributed by atoms with van der Waals surface area (Å²) < 4.78 is 45.4. The molecular weight excluding hydrogens is 455 g/mol. The van der Waals surface area contributed by atoms with Crippen molar-refractivity contribution in [2.45, 2.75) is 38.5 Å². The lowest BCUT2D eigenvalue weighted by Crippen LogP contribution is -2.16. The molecule has 4 rings (SSSR count). The van der Waals surface area contributed by atoms with E-state index in [2.05, 4.69) is 44.5 Å². The molecule has 9 heteroatoms. The molecule has 0 fully saturated rings. The van der Waals surface area contributed by atoms with Crippen LogP contribution in [-0.2, 0) is 25.7 Å². The van der Waals surface area contributed by atoms with Crippen LogP contribution in [0.5, 0.6) is 0 Å². The van der Waals surface area contributed by atoms with E-state index in [9.17, 15) is 13.2 Å². The fraction of sp³-hybridized carbons (Fsp3) is 0.269. The Kier molecular flexibility index (Phi) is 7.64. The van der Waals surface area contributed by atoms with Gasteiger partial charge in [0.2, 0.25) is 5.89 Å². The first kappa shape index (κ1) is 24.3. The van der Waals surface area contributed by atoms with Gasteiger partial charge >= 0.3 is 6.18 Å². The lowest BCUT2D eigenvalue weighted by atomic mass is 10.1. The van der Waals surface area contributed by atoms with E-state index in [1.807, 2.05) is 17.9 Å². The van der Waals surface area contributed by atoms with Gasteiger partial charge in [-0.25, -0.2) is 4.98 Å². The van der Waals surface area contributed by atoms with Crippen LogP contribution in [0.25, 0.3) is 12.2 Å². The molecule has 0 spiro atoms. The minimum atomic E-state index is -4.34. The third kappa shape index (κ3) is 7.05. The zero-order valence-electron chi connectivity index (χ0n) is 19.3. The number of hydrogen-bond donors (Lipinski definition) is 0. The predicted octanol–water partition coefficient (Wildman–Crippen LogP) is 6.11. The number of aryl methyl sites for hydroxylation is 2. The van der Waals surface area contributed by atoms with Crippen LogP contribution in [0.2, 0.25) is 0 Å². The minimum absolute atomic E-state index is 0.398. The summed E-state index contributed by atoms with van der Waals surface area (Å²) >= 11 is 0. The molecule has 0 saturated heterocycles. The zero-order chi connectivity index (χ0) is 24.7. The van der Waals surface area contributed by atoms with Crippen molar-refractivity contribution in [2.24, 2.45) is 0 Å². The highest BCUT2D eigenvalue weighted by Gasteiger charge is 2.29. The van der Waals surface area contributed by atoms with Crippen molar-refractivity contribution in [1.82, 2.24) is 20.0 Å². The van der Waals surface area contributed by atoms with Gasteiger partial charge < -0.3 is 9.32 Å². The van der Waals surface area contributed by atoms with Crippen LogP contribution in [-0.4, -0.2) is 27.0 Å². The second-order valence-corrected chi connectivity index (χ2v) is 8.28. The van der Waals surface area contributed by atoms with Gasteiger partial charge in [-0.1, -0.05) is 29.5 Å². The molecule has 4 aromatic rings. The molecule has 182 valence electrons. The Morgan fingerprint density at radius 2 is 1.77 bits per heavy atom. The summed E-state index contributed by atoms with van der Waals surface area (Å²) in [6.07, 6.45) is 7.26. The van der Waals surface area contributed by atoms with Crippen LogP contribution in [0.15, 0.2) is 71.6 Å². The van der Waals surface area contributed by atoms with Gasteiger partial charge in [0.05, 0.1) is 24.0 Å². The molecule has 0 unspecified atom stereocenters. The number of oxazole rings is 1. The lowest BCUT2D eigenvalue weighted by molar-refractivity contribution is -0.137. The summed E-state index contributed by atoms with van der Waals surface area (Å²) in [5.41, 5.74) is 3.08. The SMILES string of the molecule is CN(Cc1coc(/C=C/c2ccc(C(F)(F)F)cc2)n1)c1ccc(CCCCn2ccnn2)cc1. The molecule has 35 heavy (non-hydrogen) atoms. The molecule has 2 heterocycles.